The van der Waals surface area contributed by atoms with Crippen molar-refractivity contribution in [1.29, 1.82) is 0 Å². The monoisotopic (exact) mass is 357 g/mol. The van der Waals surface area contributed by atoms with Crippen molar-refractivity contribution in [2.45, 2.75) is 18.7 Å². The van der Waals surface area contributed by atoms with E-state index in [9.17, 15) is 13.2 Å². The van der Waals surface area contributed by atoms with Crippen LogP contribution in [0.3, 0.4) is 0 Å². The van der Waals surface area contributed by atoms with Crippen LogP contribution in [0.5, 0.6) is 0 Å². The van der Waals surface area contributed by atoms with Crippen molar-refractivity contribution in [2.24, 2.45) is 0 Å². The Labute approximate surface area is 146 Å². The first-order chi connectivity index (χ1) is 11.8. The van der Waals surface area contributed by atoms with Crippen molar-refractivity contribution >= 4 is 26.8 Å². The fourth-order valence-corrected chi connectivity index (χ4v) is 3.38. The van der Waals surface area contributed by atoms with Crippen molar-refractivity contribution in [2.75, 3.05) is 6.26 Å². The van der Waals surface area contributed by atoms with Crippen LogP contribution >= 0.6 is 0 Å². The molecule has 0 aliphatic carbocycles. The standard InChI is InChI=1S/C18H19N3O3S/c1-12(17-20-15-5-3-4-6-16(15)21-17)19-18(22)14-9-7-13(8-10-14)11-25(2,23)24/h3-10,12H,11H2,1-2H3,(H,19,22)(H,20,21)/t12-/m0/s1. The maximum Gasteiger partial charge on any atom is 0.251 e. The molecule has 1 amide bonds. The van der Waals surface area contributed by atoms with E-state index in [2.05, 4.69) is 15.3 Å². The number of aromatic amines is 1. The van der Waals surface area contributed by atoms with Crippen LogP contribution in [0.2, 0.25) is 0 Å². The van der Waals surface area contributed by atoms with Crippen LogP contribution in [-0.2, 0) is 15.6 Å². The molecule has 0 saturated heterocycles. The molecule has 0 bridgehead atoms. The van der Waals surface area contributed by atoms with E-state index < -0.39 is 9.84 Å². The van der Waals surface area contributed by atoms with Crippen molar-refractivity contribution in [1.82, 2.24) is 15.3 Å². The number of benzene rings is 2. The Morgan fingerprint density at radius 3 is 2.48 bits per heavy atom. The number of sulfone groups is 1. The van der Waals surface area contributed by atoms with Gasteiger partial charge in [0.05, 0.1) is 22.8 Å². The molecule has 2 N–H and O–H groups in total. The molecule has 1 aromatic heterocycles. The largest absolute Gasteiger partial charge is 0.342 e. The Morgan fingerprint density at radius 1 is 1.16 bits per heavy atom. The maximum atomic E-state index is 12.4. The predicted octanol–water partition coefficient (Wildman–Crippen LogP) is 2.60. The highest BCUT2D eigenvalue weighted by atomic mass is 32.2. The van der Waals surface area contributed by atoms with E-state index in [0.29, 0.717) is 17.0 Å². The molecule has 0 fully saturated rings. The number of hydrogen-bond donors (Lipinski definition) is 2. The Kier molecular flexibility index (Phi) is 4.59. The van der Waals surface area contributed by atoms with E-state index in [-0.39, 0.29) is 17.7 Å². The first kappa shape index (κ1) is 17.2. The summed E-state index contributed by atoms with van der Waals surface area (Å²) in [6, 6.07) is 14.0. The number of imidazole rings is 1. The zero-order chi connectivity index (χ0) is 18.0. The van der Waals surface area contributed by atoms with E-state index in [1.54, 1.807) is 24.3 Å². The molecule has 3 rings (SSSR count). The number of hydrogen-bond acceptors (Lipinski definition) is 4. The molecular weight excluding hydrogens is 338 g/mol. The highest BCUT2D eigenvalue weighted by molar-refractivity contribution is 7.89. The number of aromatic nitrogens is 2. The van der Waals surface area contributed by atoms with Crippen molar-refractivity contribution < 1.29 is 13.2 Å². The minimum Gasteiger partial charge on any atom is -0.342 e. The fraction of sp³-hybridized carbons (Fsp3) is 0.222. The minimum absolute atomic E-state index is 0.0374. The third kappa shape index (κ3) is 4.24. The van der Waals surface area contributed by atoms with Gasteiger partial charge in [-0.2, -0.15) is 0 Å². The van der Waals surface area contributed by atoms with E-state index in [1.165, 1.54) is 6.26 Å². The van der Waals surface area contributed by atoms with Crippen LogP contribution in [0.1, 0.15) is 34.7 Å². The molecule has 6 nitrogen and oxygen atoms in total. The van der Waals surface area contributed by atoms with E-state index in [0.717, 1.165) is 11.0 Å². The summed E-state index contributed by atoms with van der Waals surface area (Å²) in [7, 11) is -3.09. The second-order valence-electron chi connectivity index (χ2n) is 6.10. The van der Waals surface area contributed by atoms with Crippen LogP contribution in [0.25, 0.3) is 11.0 Å². The normalized spacial score (nSPS) is 12.9. The summed E-state index contributed by atoms with van der Waals surface area (Å²) >= 11 is 0. The van der Waals surface area contributed by atoms with E-state index in [4.69, 9.17) is 0 Å². The van der Waals surface area contributed by atoms with Gasteiger partial charge in [-0.05, 0) is 36.8 Å². The maximum absolute atomic E-state index is 12.4. The van der Waals surface area contributed by atoms with Gasteiger partial charge >= 0.3 is 0 Å². The number of carbonyl (C=O) groups is 1. The van der Waals surface area contributed by atoms with Gasteiger partial charge in [0.1, 0.15) is 5.82 Å². The van der Waals surface area contributed by atoms with Crippen molar-refractivity contribution in [3.05, 3.63) is 65.5 Å². The molecule has 3 aromatic rings. The summed E-state index contributed by atoms with van der Waals surface area (Å²) in [5.74, 6) is 0.409. The number of fused-ring (bicyclic) bond motifs is 1. The predicted molar refractivity (Wildman–Crippen MR) is 97.0 cm³/mol. The molecule has 25 heavy (non-hydrogen) atoms. The molecular formula is C18H19N3O3S. The first-order valence-corrected chi connectivity index (χ1v) is 9.90. The topological polar surface area (TPSA) is 91.9 Å². The number of rotatable bonds is 5. The number of para-hydroxylation sites is 2. The number of nitrogens with one attached hydrogen (secondary N) is 2. The lowest BCUT2D eigenvalue weighted by atomic mass is 10.1. The van der Waals surface area contributed by atoms with Gasteiger partial charge in [0.2, 0.25) is 0 Å². The molecule has 0 radical (unpaired) electrons. The zero-order valence-electron chi connectivity index (χ0n) is 14.0. The second-order valence-corrected chi connectivity index (χ2v) is 8.24. The number of nitrogens with zero attached hydrogens (tertiary/aromatic N) is 1. The minimum atomic E-state index is -3.09. The van der Waals surface area contributed by atoms with E-state index >= 15 is 0 Å². The van der Waals surface area contributed by atoms with Gasteiger partial charge in [-0.15, -0.1) is 0 Å². The molecule has 0 spiro atoms. The average Bonchev–Trinajstić information content (AvgIpc) is 2.98. The number of carbonyl (C=O) groups excluding carboxylic acids is 1. The Bertz CT molecular complexity index is 974. The second kappa shape index (κ2) is 6.68. The van der Waals surface area contributed by atoms with E-state index in [1.807, 2.05) is 31.2 Å². The summed E-state index contributed by atoms with van der Waals surface area (Å²) in [6.07, 6.45) is 1.18. The average molecular weight is 357 g/mol. The third-order valence-corrected chi connectivity index (χ3v) is 4.67. The van der Waals surface area contributed by atoms with Crippen molar-refractivity contribution in [3.63, 3.8) is 0 Å². The lowest BCUT2D eigenvalue weighted by Crippen LogP contribution is -2.27. The van der Waals surface area contributed by atoms with Crippen molar-refractivity contribution in [3.8, 4) is 0 Å². The highest BCUT2D eigenvalue weighted by Crippen LogP contribution is 2.16. The van der Waals surface area contributed by atoms with Gasteiger partial charge in [0.15, 0.2) is 9.84 Å². The fourth-order valence-electron chi connectivity index (χ4n) is 2.58. The summed E-state index contributed by atoms with van der Waals surface area (Å²) in [5, 5.41) is 2.89. The molecule has 0 saturated carbocycles. The summed E-state index contributed by atoms with van der Waals surface area (Å²) in [6.45, 7) is 1.85. The van der Waals surface area contributed by atoms with Gasteiger partial charge in [-0.3, -0.25) is 4.79 Å². The number of amides is 1. The lowest BCUT2D eigenvalue weighted by molar-refractivity contribution is 0.0938. The van der Waals surface area contributed by atoms with Crippen LogP contribution in [0, 0.1) is 0 Å². The molecule has 0 unspecified atom stereocenters. The third-order valence-electron chi connectivity index (χ3n) is 3.81. The van der Waals surface area contributed by atoms with Crippen LogP contribution in [0.4, 0.5) is 0 Å². The SMILES string of the molecule is C[C@H](NC(=O)c1ccc(CS(C)(=O)=O)cc1)c1nc2ccccc2[nH]1. The van der Waals surface area contributed by atoms with Gasteiger partial charge in [0, 0.05) is 11.8 Å². The molecule has 0 aliphatic heterocycles. The molecule has 2 aromatic carbocycles. The Balaban J connectivity index is 1.70. The quantitative estimate of drug-likeness (QED) is 0.734. The summed E-state index contributed by atoms with van der Waals surface area (Å²) < 4.78 is 22.6. The van der Waals surface area contributed by atoms with Gasteiger partial charge in [-0.25, -0.2) is 13.4 Å². The molecule has 130 valence electrons. The smallest absolute Gasteiger partial charge is 0.251 e. The van der Waals surface area contributed by atoms with Gasteiger partial charge in [0.25, 0.3) is 5.91 Å². The van der Waals surface area contributed by atoms with Crippen LogP contribution < -0.4 is 5.32 Å². The Hall–Kier alpha value is -2.67. The van der Waals surface area contributed by atoms with Gasteiger partial charge < -0.3 is 10.3 Å². The summed E-state index contributed by atoms with van der Waals surface area (Å²) in [5.41, 5.74) is 2.90. The highest BCUT2D eigenvalue weighted by Gasteiger charge is 2.15. The zero-order valence-corrected chi connectivity index (χ0v) is 14.8. The van der Waals surface area contributed by atoms with Crippen LogP contribution in [-0.4, -0.2) is 30.5 Å². The van der Waals surface area contributed by atoms with Gasteiger partial charge in [-0.1, -0.05) is 24.3 Å². The first-order valence-electron chi connectivity index (χ1n) is 7.84. The Morgan fingerprint density at radius 2 is 1.84 bits per heavy atom. The molecule has 1 atom stereocenters. The summed E-state index contributed by atoms with van der Waals surface area (Å²) in [4.78, 5) is 20.0. The lowest BCUT2D eigenvalue weighted by Gasteiger charge is -2.11. The molecule has 7 heteroatoms. The van der Waals surface area contributed by atoms with Crippen LogP contribution in [0.15, 0.2) is 48.5 Å². The molecule has 0 aliphatic rings. The number of H-pyrrole nitrogens is 1. The molecule has 1 heterocycles.